The Bertz CT molecular complexity index is 599. The third-order valence-electron chi connectivity index (χ3n) is 4.66. The van der Waals surface area contributed by atoms with Gasteiger partial charge in [-0.1, -0.05) is 18.2 Å². The van der Waals surface area contributed by atoms with E-state index in [1.54, 1.807) is 13.0 Å². The van der Waals surface area contributed by atoms with Gasteiger partial charge in [0.15, 0.2) is 11.5 Å². The molecule has 0 heterocycles. The first kappa shape index (κ1) is 17.2. The molecule has 0 aliphatic heterocycles. The summed E-state index contributed by atoms with van der Waals surface area (Å²) in [6, 6.07) is 3.48. The molecule has 0 bridgehead atoms. The van der Waals surface area contributed by atoms with Crippen LogP contribution in [0, 0.1) is 12.8 Å². The highest BCUT2D eigenvalue weighted by Gasteiger charge is 2.34. The minimum Gasteiger partial charge on any atom is -0.487 e. The van der Waals surface area contributed by atoms with E-state index in [9.17, 15) is 13.2 Å². The van der Waals surface area contributed by atoms with E-state index in [1.807, 2.05) is 6.07 Å². The topological polar surface area (TPSA) is 18.5 Å². The van der Waals surface area contributed by atoms with Crippen molar-refractivity contribution in [2.75, 3.05) is 0 Å². The van der Waals surface area contributed by atoms with Gasteiger partial charge in [0.05, 0.1) is 6.10 Å². The molecule has 0 radical (unpaired) electrons. The van der Waals surface area contributed by atoms with Gasteiger partial charge in [-0.3, -0.25) is 0 Å². The van der Waals surface area contributed by atoms with Crippen LogP contribution in [0.4, 0.5) is 13.2 Å². The number of benzene rings is 1. The first-order valence-electron chi connectivity index (χ1n) is 8.64. The van der Waals surface area contributed by atoms with Gasteiger partial charge < -0.3 is 9.47 Å². The largest absolute Gasteiger partial charge is 0.573 e. The van der Waals surface area contributed by atoms with Crippen LogP contribution in [0.25, 0.3) is 0 Å². The number of rotatable bonds is 7. The Morgan fingerprint density at radius 1 is 1.17 bits per heavy atom. The normalized spacial score (nSPS) is 18.7. The lowest BCUT2D eigenvalue weighted by atomic mass is 9.96. The van der Waals surface area contributed by atoms with Crippen LogP contribution in [0.2, 0.25) is 0 Å². The fourth-order valence-electron chi connectivity index (χ4n) is 2.80. The Hall–Kier alpha value is -1.65. The quantitative estimate of drug-likeness (QED) is 0.591. The van der Waals surface area contributed by atoms with Crippen LogP contribution >= 0.6 is 0 Å². The minimum absolute atomic E-state index is 0.00677. The lowest BCUT2D eigenvalue weighted by Crippen LogP contribution is -2.26. The molecule has 2 aliphatic rings. The molecule has 0 aromatic heterocycles. The minimum atomic E-state index is -4.72. The molecule has 5 heteroatoms. The maximum absolute atomic E-state index is 12.8. The number of halogens is 3. The van der Waals surface area contributed by atoms with Gasteiger partial charge in [-0.05, 0) is 75.0 Å². The third kappa shape index (κ3) is 4.68. The van der Waals surface area contributed by atoms with Crippen molar-refractivity contribution in [1.82, 2.24) is 0 Å². The van der Waals surface area contributed by atoms with Crippen molar-refractivity contribution in [1.29, 1.82) is 0 Å². The van der Waals surface area contributed by atoms with Crippen molar-refractivity contribution in [3.63, 3.8) is 0 Å². The molecule has 2 aliphatic carbocycles. The average Bonchev–Trinajstić information content (AvgIpc) is 3.27. The number of alkyl halides is 3. The number of ether oxygens (including phenoxy) is 2. The van der Waals surface area contributed by atoms with E-state index >= 15 is 0 Å². The zero-order valence-electron chi connectivity index (χ0n) is 13.9. The SMILES string of the molecule is Cc1c(CC/C=C/C2CC2)ccc(OC2CCC2)c1OC(F)(F)F. The molecule has 2 nitrogen and oxygen atoms in total. The highest BCUT2D eigenvalue weighted by atomic mass is 19.4. The van der Waals surface area contributed by atoms with E-state index < -0.39 is 6.36 Å². The molecule has 2 fully saturated rings. The Labute approximate surface area is 140 Å². The highest BCUT2D eigenvalue weighted by Crippen LogP contribution is 2.39. The molecule has 0 spiro atoms. The van der Waals surface area contributed by atoms with E-state index in [1.165, 1.54) is 12.8 Å². The van der Waals surface area contributed by atoms with Crippen LogP contribution in [-0.2, 0) is 6.42 Å². The number of allylic oxidation sites excluding steroid dienone is 2. The van der Waals surface area contributed by atoms with Gasteiger partial charge in [-0.25, -0.2) is 0 Å². The molecular formula is C19H23F3O2. The van der Waals surface area contributed by atoms with Crippen LogP contribution in [0.3, 0.4) is 0 Å². The van der Waals surface area contributed by atoms with Crippen molar-refractivity contribution in [2.24, 2.45) is 5.92 Å². The zero-order chi connectivity index (χ0) is 17.2. The van der Waals surface area contributed by atoms with Gasteiger partial charge in [0.1, 0.15) is 0 Å². The maximum atomic E-state index is 12.8. The van der Waals surface area contributed by atoms with E-state index in [0.29, 0.717) is 17.9 Å². The molecule has 1 aromatic carbocycles. The summed E-state index contributed by atoms with van der Waals surface area (Å²) in [4.78, 5) is 0. The summed E-state index contributed by atoms with van der Waals surface area (Å²) < 4.78 is 48.3. The van der Waals surface area contributed by atoms with Crippen molar-refractivity contribution < 1.29 is 22.6 Å². The monoisotopic (exact) mass is 340 g/mol. The number of aryl methyl sites for hydroxylation is 1. The van der Waals surface area contributed by atoms with Gasteiger partial charge in [0.2, 0.25) is 0 Å². The fraction of sp³-hybridized carbons (Fsp3) is 0.579. The third-order valence-corrected chi connectivity index (χ3v) is 4.66. The van der Waals surface area contributed by atoms with Gasteiger partial charge >= 0.3 is 6.36 Å². The van der Waals surface area contributed by atoms with Crippen molar-refractivity contribution in [2.45, 2.75) is 64.3 Å². The molecule has 132 valence electrons. The fourth-order valence-corrected chi connectivity index (χ4v) is 2.80. The Morgan fingerprint density at radius 3 is 2.50 bits per heavy atom. The summed E-state index contributed by atoms with van der Waals surface area (Å²) in [5, 5.41) is 0. The van der Waals surface area contributed by atoms with Crippen molar-refractivity contribution in [3.8, 4) is 11.5 Å². The molecule has 24 heavy (non-hydrogen) atoms. The Morgan fingerprint density at radius 2 is 1.92 bits per heavy atom. The van der Waals surface area contributed by atoms with E-state index in [4.69, 9.17) is 4.74 Å². The molecule has 3 rings (SSSR count). The summed E-state index contributed by atoms with van der Waals surface area (Å²) in [5.74, 6) is 0.735. The summed E-state index contributed by atoms with van der Waals surface area (Å²) in [7, 11) is 0. The zero-order valence-corrected chi connectivity index (χ0v) is 13.9. The molecule has 0 unspecified atom stereocenters. The maximum Gasteiger partial charge on any atom is 0.573 e. The van der Waals surface area contributed by atoms with Gasteiger partial charge in [-0.2, -0.15) is 0 Å². The summed E-state index contributed by atoms with van der Waals surface area (Å²) >= 11 is 0. The molecule has 0 saturated heterocycles. The van der Waals surface area contributed by atoms with Crippen LogP contribution in [0.5, 0.6) is 11.5 Å². The molecule has 0 amide bonds. The predicted molar refractivity (Wildman–Crippen MR) is 86.3 cm³/mol. The van der Waals surface area contributed by atoms with E-state index in [2.05, 4.69) is 16.9 Å². The summed E-state index contributed by atoms with van der Waals surface area (Å²) in [5.41, 5.74) is 1.39. The standard InChI is InChI=1S/C19H23F3O2/c1-13-15(6-3-2-5-14-9-10-14)11-12-17(23-16-7-4-8-16)18(13)24-19(20,21)22/h2,5,11-12,14,16H,3-4,6-10H2,1H3/b5-2+. The lowest BCUT2D eigenvalue weighted by Gasteiger charge is -2.28. The molecular weight excluding hydrogens is 317 g/mol. The number of hydrogen-bond donors (Lipinski definition) is 0. The number of hydrogen-bond acceptors (Lipinski definition) is 2. The van der Waals surface area contributed by atoms with Crippen LogP contribution in [0.1, 0.15) is 49.7 Å². The summed E-state index contributed by atoms with van der Waals surface area (Å²) in [6.07, 6.45) is 6.49. The van der Waals surface area contributed by atoms with E-state index in [0.717, 1.165) is 31.2 Å². The molecule has 0 N–H and O–H groups in total. The van der Waals surface area contributed by atoms with E-state index in [-0.39, 0.29) is 17.6 Å². The van der Waals surface area contributed by atoms with Gasteiger partial charge in [-0.15, -0.1) is 13.2 Å². The molecule has 0 atom stereocenters. The van der Waals surface area contributed by atoms with Crippen molar-refractivity contribution >= 4 is 0 Å². The first-order chi connectivity index (χ1) is 11.4. The second-order valence-electron chi connectivity index (χ2n) is 6.70. The lowest BCUT2D eigenvalue weighted by molar-refractivity contribution is -0.275. The van der Waals surface area contributed by atoms with Crippen molar-refractivity contribution in [3.05, 3.63) is 35.4 Å². The molecule has 1 aromatic rings. The smallest absolute Gasteiger partial charge is 0.487 e. The Balaban J connectivity index is 1.74. The average molecular weight is 340 g/mol. The van der Waals surface area contributed by atoms with Crippen LogP contribution in [-0.4, -0.2) is 12.5 Å². The second-order valence-corrected chi connectivity index (χ2v) is 6.70. The summed E-state index contributed by atoms with van der Waals surface area (Å²) in [6.45, 7) is 1.68. The first-order valence-corrected chi connectivity index (χ1v) is 8.64. The van der Waals surface area contributed by atoms with Gasteiger partial charge in [0, 0.05) is 0 Å². The molecule has 2 saturated carbocycles. The highest BCUT2D eigenvalue weighted by molar-refractivity contribution is 5.50. The van der Waals surface area contributed by atoms with Gasteiger partial charge in [0.25, 0.3) is 0 Å². The van der Waals surface area contributed by atoms with Crippen LogP contribution < -0.4 is 9.47 Å². The Kier molecular flexibility index (Phi) is 5.07. The second kappa shape index (κ2) is 7.08. The van der Waals surface area contributed by atoms with Crippen LogP contribution in [0.15, 0.2) is 24.3 Å². The predicted octanol–water partition coefficient (Wildman–Crippen LogP) is 5.72.